The maximum Gasteiger partial charge on any atom is 0.303 e. The predicted molar refractivity (Wildman–Crippen MR) is 100 cm³/mol. The van der Waals surface area contributed by atoms with Crippen molar-refractivity contribution in [3.05, 3.63) is 29.3 Å². The van der Waals surface area contributed by atoms with Crippen molar-refractivity contribution in [1.82, 2.24) is 0 Å². The molecule has 1 aliphatic carbocycles. The fraction of sp³-hybridized carbons (Fsp3) is 0.667. The highest BCUT2D eigenvalue weighted by Gasteiger charge is 2.39. The first-order valence-electron chi connectivity index (χ1n) is 9.81. The summed E-state index contributed by atoms with van der Waals surface area (Å²) < 4.78 is 27.5. The first-order valence-corrected chi connectivity index (χ1v) is 9.81. The summed E-state index contributed by atoms with van der Waals surface area (Å²) in [6.45, 7) is 2.31. The van der Waals surface area contributed by atoms with E-state index in [-0.39, 0.29) is 29.9 Å². The van der Waals surface area contributed by atoms with Crippen molar-refractivity contribution in [3.8, 4) is 0 Å². The predicted octanol–water partition coefficient (Wildman–Crippen LogP) is 4.54. The summed E-state index contributed by atoms with van der Waals surface area (Å²) in [5, 5.41) is 18.6. The number of aliphatic carboxylic acids is 1. The molecule has 4 nitrogen and oxygen atoms in total. The molecule has 1 spiro atoms. The number of benzene rings is 1. The lowest BCUT2D eigenvalue weighted by molar-refractivity contribution is -0.138. The second kappa shape index (κ2) is 7.74. The number of hydrogen-bond acceptors (Lipinski definition) is 3. The third-order valence-corrected chi connectivity index (χ3v) is 6.56. The van der Waals surface area contributed by atoms with Crippen molar-refractivity contribution in [2.24, 2.45) is 11.3 Å². The zero-order valence-corrected chi connectivity index (χ0v) is 15.9. The van der Waals surface area contributed by atoms with E-state index in [0.717, 1.165) is 58.5 Å². The third kappa shape index (κ3) is 4.60. The molecule has 0 unspecified atom stereocenters. The van der Waals surface area contributed by atoms with E-state index in [0.29, 0.717) is 11.3 Å². The van der Waals surface area contributed by atoms with E-state index in [4.69, 9.17) is 5.11 Å². The van der Waals surface area contributed by atoms with E-state index in [2.05, 4.69) is 4.90 Å². The summed E-state index contributed by atoms with van der Waals surface area (Å²) >= 11 is 0. The van der Waals surface area contributed by atoms with Gasteiger partial charge in [0.1, 0.15) is 0 Å². The summed E-state index contributed by atoms with van der Waals surface area (Å²) in [5.41, 5.74) is 1.64. The van der Waals surface area contributed by atoms with Crippen LogP contribution in [-0.2, 0) is 17.3 Å². The van der Waals surface area contributed by atoms with E-state index in [1.165, 1.54) is 12.1 Å². The number of rotatable bonds is 5. The first kappa shape index (κ1) is 20.1. The van der Waals surface area contributed by atoms with E-state index in [1.54, 1.807) is 6.07 Å². The van der Waals surface area contributed by atoms with Crippen molar-refractivity contribution < 1.29 is 23.8 Å². The van der Waals surface area contributed by atoms with Gasteiger partial charge in [-0.15, -0.1) is 0 Å². The summed E-state index contributed by atoms with van der Waals surface area (Å²) in [5.74, 6) is -3.33. The second-order valence-corrected chi connectivity index (χ2v) is 8.42. The fourth-order valence-electron chi connectivity index (χ4n) is 4.73. The number of carboxylic acids is 1. The van der Waals surface area contributed by atoms with Crippen molar-refractivity contribution in [2.75, 3.05) is 18.0 Å². The van der Waals surface area contributed by atoms with Gasteiger partial charge in [-0.2, -0.15) is 0 Å². The largest absolute Gasteiger partial charge is 0.481 e. The number of aliphatic hydroxyl groups is 1. The molecule has 0 amide bonds. The lowest BCUT2D eigenvalue weighted by Crippen LogP contribution is -2.42. The molecule has 1 heterocycles. The molecule has 6 heteroatoms. The molecule has 27 heavy (non-hydrogen) atoms. The number of alkyl halides is 2. The van der Waals surface area contributed by atoms with Gasteiger partial charge in [-0.1, -0.05) is 12.1 Å². The van der Waals surface area contributed by atoms with Gasteiger partial charge in [0.25, 0.3) is 5.92 Å². The van der Waals surface area contributed by atoms with E-state index in [9.17, 15) is 18.7 Å². The molecule has 0 bridgehead atoms. The molecule has 2 aliphatic rings. The highest BCUT2D eigenvalue weighted by Crippen LogP contribution is 2.48. The van der Waals surface area contributed by atoms with E-state index < -0.39 is 11.9 Å². The zero-order valence-electron chi connectivity index (χ0n) is 15.9. The SMILES string of the molecule is CC(F)(F)c1ccc(CO)c(N2CCC3(CCC(CC(=O)O)CC3)CC2)c1. The normalized spacial score (nSPS) is 20.8. The van der Waals surface area contributed by atoms with Crippen LogP contribution in [0, 0.1) is 11.3 Å². The van der Waals surface area contributed by atoms with Crippen LogP contribution >= 0.6 is 0 Å². The third-order valence-electron chi connectivity index (χ3n) is 6.56. The highest BCUT2D eigenvalue weighted by atomic mass is 19.3. The highest BCUT2D eigenvalue weighted by molar-refractivity contribution is 5.67. The van der Waals surface area contributed by atoms with Gasteiger partial charge in [0.15, 0.2) is 0 Å². The van der Waals surface area contributed by atoms with E-state index in [1.807, 2.05) is 0 Å². The fourth-order valence-corrected chi connectivity index (χ4v) is 4.73. The van der Waals surface area contributed by atoms with Crippen LogP contribution in [0.4, 0.5) is 14.5 Å². The summed E-state index contributed by atoms with van der Waals surface area (Å²) in [4.78, 5) is 13.0. The topological polar surface area (TPSA) is 60.8 Å². The van der Waals surface area contributed by atoms with Crippen molar-refractivity contribution in [1.29, 1.82) is 0 Å². The number of piperidine rings is 1. The number of carbonyl (C=O) groups is 1. The standard InChI is InChI=1S/C21H29F2NO3/c1-20(22,23)17-3-2-16(14-25)18(13-17)24-10-8-21(9-11-24)6-4-15(5-7-21)12-19(26)27/h2-3,13,15,25H,4-12,14H2,1H3,(H,26,27). The van der Waals surface area contributed by atoms with Crippen LogP contribution in [0.15, 0.2) is 18.2 Å². The van der Waals surface area contributed by atoms with Crippen LogP contribution < -0.4 is 4.90 Å². The first-order chi connectivity index (χ1) is 12.7. The second-order valence-electron chi connectivity index (χ2n) is 8.42. The average molecular weight is 381 g/mol. The lowest BCUT2D eigenvalue weighted by atomic mass is 9.65. The molecule has 150 valence electrons. The van der Waals surface area contributed by atoms with Gasteiger partial charge in [-0.3, -0.25) is 4.79 Å². The molecular weight excluding hydrogens is 352 g/mol. The molecule has 1 aromatic carbocycles. The van der Waals surface area contributed by atoms with Gasteiger partial charge in [0, 0.05) is 43.2 Å². The van der Waals surface area contributed by atoms with Crippen LogP contribution in [0.2, 0.25) is 0 Å². The Bertz CT molecular complexity index is 668. The minimum absolute atomic E-state index is 0.0239. The minimum Gasteiger partial charge on any atom is -0.481 e. The Morgan fingerprint density at radius 2 is 1.85 bits per heavy atom. The molecule has 0 aromatic heterocycles. The number of halogens is 2. The quantitative estimate of drug-likeness (QED) is 0.786. The molecule has 1 saturated heterocycles. The number of carboxylic acid groups (broad SMARTS) is 1. The Morgan fingerprint density at radius 1 is 1.22 bits per heavy atom. The Labute approximate surface area is 159 Å². The average Bonchev–Trinajstić information content (AvgIpc) is 2.63. The van der Waals surface area contributed by atoms with Crippen LogP contribution in [-0.4, -0.2) is 29.3 Å². The summed E-state index contributed by atoms with van der Waals surface area (Å²) in [6.07, 6.45) is 6.28. The number of hydrogen-bond donors (Lipinski definition) is 2. The van der Waals surface area contributed by atoms with Crippen molar-refractivity contribution in [2.45, 2.75) is 64.4 Å². The zero-order chi connectivity index (χ0) is 19.7. The van der Waals surface area contributed by atoms with Crippen LogP contribution in [0.5, 0.6) is 0 Å². The molecule has 0 atom stereocenters. The Kier molecular flexibility index (Phi) is 5.75. The van der Waals surface area contributed by atoms with Crippen molar-refractivity contribution >= 4 is 11.7 Å². The van der Waals surface area contributed by atoms with Crippen LogP contribution in [0.1, 0.15) is 63.0 Å². The minimum atomic E-state index is -2.90. The van der Waals surface area contributed by atoms with E-state index >= 15 is 0 Å². The molecule has 2 N–H and O–H groups in total. The molecule has 1 aromatic rings. The molecule has 3 rings (SSSR count). The van der Waals surface area contributed by atoms with Crippen molar-refractivity contribution in [3.63, 3.8) is 0 Å². The lowest BCUT2D eigenvalue weighted by Gasteiger charge is -2.47. The maximum atomic E-state index is 13.7. The van der Waals surface area contributed by atoms with Gasteiger partial charge in [0.2, 0.25) is 0 Å². The molecule has 1 aliphatic heterocycles. The van der Waals surface area contributed by atoms with Gasteiger partial charge in [-0.05, 0) is 55.9 Å². The van der Waals surface area contributed by atoms with Gasteiger partial charge >= 0.3 is 5.97 Å². The molecule has 0 radical (unpaired) electrons. The smallest absolute Gasteiger partial charge is 0.303 e. The number of aliphatic hydroxyl groups excluding tert-OH is 1. The van der Waals surface area contributed by atoms with Gasteiger partial charge < -0.3 is 15.1 Å². The Balaban J connectivity index is 1.67. The van der Waals surface area contributed by atoms with Crippen LogP contribution in [0.25, 0.3) is 0 Å². The maximum absolute atomic E-state index is 13.7. The van der Waals surface area contributed by atoms with Gasteiger partial charge in [0.05, 0.1) is 6.61 Å². The summed E-state index contributed by atoms with van der Waals surface area (Å²) in [6, 6.07) is 4.51. The number of anilines is 1. The molecule has 1 saturated carbocycles. The summed E-state index contributed by atoms with van der Waals surface area (Å²) in [7, 11) is 0. The molecular formula is C21H29F2NO3. The Hall–Kier alpha value is -1.69. The van der Waals surface area contributed by atoms with Crippen LogP contribution in [0.3, 0.4) is 0 Å². The Morgan fingerprint density at radius 3 is 2.37 bits per heavy atom. The number of nitrogens with zero attached hydrogens (tertiary/aromatic N) is 1. The molecule has 2 fully saturated rings. The monoisotopic (exact) mass is 381 g/mol. The van der Waals surface area contributed by atoms with Gasteiger partial charge in [-0.25, -0.2) is 8.78 Å².